The maximum absolute atomic E-state index is 11.1. The Hall–Kier alpha value is -1.10. The second kappa shape index (κ2) is 4.81. The van der Waals surface area contributed by atoms with Crippen molar-refractivity contribution in [3.63, 3.8) is 0 Å². The molecule has 0 unspecified atom stereocenters. The summed E-state index contributed by atoms with van der Waals surface area (Å²) in [4.78, 5) is 21.2. The number of amides is 1. The Balaban J connectivity index is 3.81. The number of hydrogen-bond donors (Lipinski definition) is 3. The van der Waals surface area contributed by atoms with E-state index in [1.54, 1.807) is 13.8 Å². The third-order valence-electron chi connectivity index (χ3n) is 1.55. The molecule has 0 aliphatic carbocycles. The average molecular weight is 188 g/mol. The molecular weight excluding hydrogens is 172 g/mol. The van der Waals surface area contributed by atoms with Gasteiger partial charge in [0.15, 0.2) is 0 Å². The molecule has 0 aliphatic heterocycles. The summed E-state index contributed by atoms with van der Waals surface area (Å²) in [7, 11) is 0. The second-order valence-electron chi connectivity index (χ2n) is 3.53. The summed E-state index contributed by atoms with van der Waals surface area (Å²) >= 11 is 0. The van der Waals surface area contributed by atoms with Crippen LogP contribution in [0.1, 0.15) is 26.7 Å². The molecule has 76 valence electrons. The molecule has 0 aromatic heterocycles. The van der Waals surface area contributed by atoms with E-state index in [4.69, 9.17) is 10.8 Å². The maximum atomic E-state index is 11.1. The summed E-state index contributed by atoms with van der Waals surface area (Å²) in [5.41, 5.74) is 4.92. The molecule has 0 saturated heterocycles. The quantitative estimate of drug-likeness (QED) is 0.552. The van der Waals surface area contributed by atoms with Gasteiger partial charge in [-0.15, -0.1) is 0 Å². The van der Waals surface area contributed by atoms with E-state index in [9.17, 15) is 9.59 Å². The van der Waals surface area contributed by atoms with E-state index >= 15 is 0 Å². The molecule has 0 fully saturated rings. The number of hydrogen-bond acceptors (Lipinski definition) is 3. The van der Waals surface area contributed by atoms with Gasteiger partial charge < -0.3 is 16.2 Å². The molecule has 4 N–H and O–H groups in total. The Morgan fingerprint density at radius 1 is 1.38 bits per heavy atom. The lowest BCUT2D eigenvalue weighted by Crippen LogP contribution is -2.48. The lowest BCUT2D eigenvalue weighted by Gasteiger charge is -2.23. The van der Waals surface area contributed by atoms with Crippen molar-refractivity contribution in [3.05, 3.63) is 0 Å². The number of aliphatic carboxylic acids is 1. The fourth-order valence-corrected chi connectivity index (χ4v) is 0.711. The molecule has 0 aromatic carbocycles. The number of carbonyl (C=O) groups excluding carboxylic acids is 1. The first-order valence-corrected chi connectivity index (χ1v) is 4.10. The van der Waals surface area contributed by atoms with Crippen LogP contribution in [0.5, 0.6) is 0 Å². The van der Waals surface area contributed by atoms with Crippen molar-refractivity contribution in [1.82, 2.24) is 5.32 Å². The van der Waals surface area contributed by atoms with Gasteiger partial charge in [-0.05, 0) is 13.8 Å². The van der Waals surface area contributed by atoms with Crippen molar-refractivity contribution in [3.8, 4) is 0 Å². The molecule has 0 rings (SSSR count). The molecule has 1 amide bonds. The Morgan fingerprint density at radius 2 is 1.92 bits per heavy atom. The van der Waals surface area contributed by atoms with Gasteiger partial charge in [-0.2, -0.15) is 0 Å². The zero-order valence-corrected chi connectivity index (χ0v) is 7.96. The first kappa shape index (κ1) is 11.9. The van der Waals surface area contributed by atoms with Crippen molar-refractivity contribution in [2.75, 3.05) is 6.54 Å². The first-order valence-electron chi connectivity index (χ1n) is 4.10. The van der Waals surface area contributed by atoms with E-state index in [0.717, 1.165) is 0 Å². The molecule has 0 aromatic rings. The molecule has 0 aliphatic rings. The fourth-order valence-electron chi connectivity index (χ4n) is 0.711. The zero-order chi connectivity index (χ0) is 10.5. The van der Waals surface area contributed by atoms with Gasteiger partial charge in [-0.3, -0.25) is 9.59 Å². The third kappa shape index (κ3) is 6.10. The summed E-state index contributed by atoms with van der Waals surface area (Å²) < 4.78 is 0. The lowest BCUT2D eigenvalue weighted by molar-refractivity contribution is -0.139. The van der Waals surface area contributed by atoms with Gasteiger partial charge in [0, 0.05) is 18.5 Å². The first-order chi connectivity index (χ1) is 5.87. The minimum atomic E-state index is -0.972. The van der Waals surface area contributed by atoms with Crippen molar-refractivity contribution in [2.24, 2.45) is 5.73 Å². The van der Waals surface area contributed by atoms with Crippen molar-refractivity contribution < 1.29 is 14.7 Å². The fraction of sp³-hybridized carbons (Fsp3) is 0.750. The van der Waals surface area contributed by atoms with Gasteiger partial charge in [-0.1, -0.05) is 0 Å². The third-order valence-corrected chi connectivity index (χ3v) is 1.55. The minimum absolute atomic E-state index is 0.00123. The highest BCUT2D eigenvalue weighted by Crippen LogP contribution is 2.00. The monoisotopic (exact) mass is 188 g/mol. The smallest absolute Gasteiger partial charge is 0.303 e. The largest absolute Gasteiger partial charge is 0.481 e. The Bertz CT molecular complexity index is 202. The summed E-state index contributed by atoms with van der Waals surface area (Å²) in [6, 6.07) is 0. The molecule has 0 spiro atoms. The molecule has 0 heterocycles. The van der Waals surface area contributed by atoms with Crippen LogP contribution in [0.15, 0.2) is 0 Å². The van der Waals surface area contributed by atoms with Crippen LogP contribution in [-0.2, 0) is 9.59 Å². The Morgan fingerprint density at radius 3 is 2.31 bits per heavy atom. The lowest BCUT2D eigenvalue weighted by atomic mass is 10.1. The number of carbonyl (C=O) groups is 2. The number of nitrogens with two attached hydrogens (primary N) is 1. The van der Waals surface area contributed by atoms with Gasteiger partial charge in [0.2, 0.25) is 5.91 Å². The maximum Gasteiger partial charge on any atom is 0.303 e. The van der Waals surface area contributed by atoms with E-state index in [2.05, 4.69) is 5.32 Å². The van der Waals surface area contributed by atoms with Gasteiger partial charge in [0.25, 0.3) is 0 Å². The molecule has 0 radical (unpaired) electrons. The van der Waals surface area contributed by atoms with Crippen LogP contribution in [0.25, 0.3) is 0 Å². The van der Waals surface area contributed by atoms with Gasteiger partial charge in [-0.25, -0.2) is 0 Å². The summed E-state index contributed by atoms with van der Waals surface area (Å²) in [6.45, 7) is 3.89. The molecule has 5 heteroatoms. The number of carboxylic acid groups (broad SMARTS) is 1. The standard InChI is InChI=1S/C8H16N2O3/c1-8(2,5-9)10-6(11)3-4-7(12)13/h3-5,9H2,1-2H3,(H,10,11)(H,12,13). The zero-order valence-electron chi connectivity index (χ0n) is 7.96. The summed E-state index contributed by atoms with van der Waals surface area (Å²) in [5.74, 6) is -1.25. The van der Waals surface area contributed by atoms with Crippen LogP contribution < -0.4 is 11.1 Å². The predicted molar refractivity (Wildman–Crippen MR) is 48.1 cm³/mol. The second-order valence-corrected chi connectivity index (χ2v) is 3.53. The minimum Gasteiger partial charge on any atom is -0.481 e. The Labute approximate surface area is 77.3 Å². The molecule has 0 bridgehead atoms. The van der Waals surface area contributed by atoms with E-state index < -0.39 is 11.5 Å². The van der Waals surface area contributed by atoms with Crippen molar-refractivity contribution in [1.29, 1.82) is 0 Å². The SMILES string of the molecule is CC(C)(CN)NC(=O)CCC(=O)O. The number of rotatable bonds is 5. The summed E-state index contributed by atoms with van der Waals surface area (Å²) in [6.07, 6.45) is -0.148. The number of nitrogens with one attached hydrogen (secondary N) is 1. The normalized spacial score (nSPS) is 11.0. The van der Waals surface area contributed by atoms with Crippen LogP contribution in [0.4, 0.5) is 0 Å². The van der Waals surface area contributed by atoms with Crippen LogP contribution in [0.2, 0.25) is 0 Å². The van der Waals surface area contributed by atoms with Crippen LogP contribution in [0, 0.1) is 0 Å². The molecule has 13 heavy (non-hydrogen) atoms. The highest BCUT2D eigenvalue weighted by Gasteiger charge is 2.18. The topological polar surface area (TPSA) is 92.4 Å². The van der Waals surface area contributed by atoms with Crippen molar-refractivity contribution in [2.45, 2.75) is 32.2 Å². The van der Waals surface area contributed by atoms with E-state index in [-0.39, 0.29) is 18.7 Å². The van der Waals surface area contributed by atoms with Gasteiger partial charge in [0.05, 0.1) is 6.42 Å². The molecular formula is C8H16N2O3. The highest BCUT2D eigenvalue weighted by atomic mass is 16.4. The van der Waals surface area contributed by atoms with Gasteiger partial charge in [0.1, 0.15) is 0 Å². The van der Waals surface area contributed by atoms with Gasteiger partial charge >= 0.3 is 5.97 Å². The van der Waals surface area contributed by atoms with Crippen LogP contribution in [-0.4, -0.2) is 29.1 Å². The number of carboxylic acids is 1. The van der Waals surface area contributed by atoms with Crippen LogP contribution >= 0.6 is 0 Å². The van der Waals surface area contributed by atoms with E-state index in [1.165, 1.54) is 0 Å². The van der Waals surface area contributed by atoms with E-state index in [1.807, 2.05) is 0 Å². The van der Waals surface area contributed by atoms with Crippen molar-refractivity contribution >= 4 is 11.9 Å². The molecule has 0 atom stereocenters. The van der Waals surface area contributed by atoms with E-state index in [0.29, 0.717) is 6.54 Å². The average Bonchev–Trinajstić information content (AvgIpc) is 2.00. The molecule has 0 saturated carbocycles. The summed E-state index contributed by atoms with van der Waals surface area (Å²) in [5, 5.41) is 10.9. The molecule has 5 nitrogen and oxygen atoms in total. The van der Waals surface area contributed by atoms with Crippen LogP contribution in [0.3, 0.4) is 0 Å². The Kier molecular flexibility index (Phi) is 4.40. The predicted octanol–water partition coefficient (Wildman–Crippen LogP) is -0.295. The highest BCUT2D eigenvalue weighted by molar-refractivity contribution is 5.81.